The van der Waals surface area contributed by atoms with Crippen LogP contribution in [0, 0.1) is 0 Å². The summed E-state index contributed by atoms with van der Waals surface area (Å²) in [5, 5.41) is 9.15. The van der Waals surface area contributed by atoms with Crippen LogP contribution in [-0.2, 0) is 20.1 Å². The minimum atomic E-state index is 0. The number of aryl methyl sites for hydroxylation is 1. The van der Waals surface area contributed by atoms with Crippen LogP contribution in [0.4, 0.5) is 0 Å². The molecule has 0 aliphatic rings. The van der Waals surface area contributed by atoms with E-state index < -0.39 is 0 Å². The number of fused-ring (bicyclic) bond motifs is 1. The Kier molecular flexibility index (Phi) is 5.56. The molecule has 0 saturated carbocycles. The lowest BCUT2D eigenvalue weighted by Crippen LogP contribution is -2.13. The van der Waals surface area contributed by atoms with Gasteiger partial charge in [-0.1, -0.05) is 26.0 Å². The molecular weight excluding hydrogens is 316 g/mol. The summed E-state index contributed by atoms with van der Waals surface area (Å²) in [5.74, 6) is 0.449. The van der Waals surface area contributed by atoms with Gasteiger partial charge in [-0.3, -0.25) is 4.68 Å². The van der Waals surface area contributed by atoms with E-state index in [4.69, 9.17) is 0 Å². The molecule has 2 aromatic heterocycles. The maximum absolute atomic E-state index is 4.64. The summed E-state index contributed by atoms with van der Waals surface area (Å²) in [7, 11) is 1.98. The predicted octanol–water partition coefficient (Wildman–Crippen LogP) is 3.86. The van der Waals surface area contributed by atoms with E-state index in [-0.39, 0.29) is 12.4 Å². The first kappa shape index (κ1) is 16.9. The van der Waals surface area contributed by atoms with Gasteiger partial charge in [0.2, 0.25) is 0 Å². The quantitative estimate of drug-likeness (QED) is 0.769. The zero-order valence-electron chi connectivity index (χ0n) is 13.0. The Hall–Kier alpha value is -1.43. The van der Waals surface area contributed by atoms with E-state index in [0.717, 1.165) is 23.6 Å². The number of hydrogen-bond donors (Lipinski definition) is 1. The summed E-state index contributed by atoms with van der Waals surface area (Å²) in [5.41, 5.74) is 3.53. The van der Waals surface area contributed by atoms with Crippen LogP contribution in [0.1, 0.15) is 36.0 Å². The smallest absolute Gasteiger partial charge is 0.108 e. The number of thiazole rings is 1. The summed E-state index contributed by atoms with van der Waals surface area (Å²) >= 11 is 1.75. The van der Waals surface area contributed by atoms with Crippen molar-refractivity contribution in [2.45, 2.75) is 32.9 Å². The van der Waals surface area contributed by atoms with Crippen molar-refractivity contribution in [2.24, 2.45) is 7.05 Å². The number of hydrogen-bond acceptors (Lipinski definition) is 4. The van der Waals surface area contributed by atoms with Crippen molar-refractivity contribution in [3.63, 3.8) is 0 Å². The van der Waals surface area contributed by atoms with Gasteiger partial charge in [0.05, 0.1) is 15.9 Å². The lowest BCUT2D eigenvalue weighted by atomic mass is 10.1. The Bertz CT molecular complexity index is 715. The van der Waals surface area contributed by atoms with Crippen LogP contribution in [0.2, 0.25) is 0 Å². The van der Waals surface area contributed by atoms with Gasteiger partial charge in [-0.15, -0.1) is 23.7 Å². The fraction of sp³-hybridized carbons (Fsp3) is 0.375. The third-order valence-corrected chi connectivity index (χ3v) is 4.45. The molecule has 0 fully saturated rings. The Balaban J connectivity index is 0.00000176. The Morgan fingerprint density at radius 1 is 1.23 bits per heavy atom. The van der Waals surface area contributed by atoms with E-state index in [2.05, 4.69) is 53.6 Å². The first-order valence-electron chi connectivity index (χ1n) is 7.21. The van der Waals surface area contributed by atoms with Crippen molar-refractivity contribution in [1.82, 2.24) is 20.1 Å². The molecule has 0 unspecified atom stereocenters. The number of para-hydroxylation sites is 1. The van der Waals surface area contributed by atoms with E-state index in [1.807, 2.05) is 17.8 Å². The van der Waals surface area contributed by atoms with Crippen molar-refractivity contribution < 1.29 is 0 Å². The van der Waals surface area contributed by atoms with Gasteiger partial charge in [0.1, 0.15) is 5.01 Å². The fourth-order valence-electron chi connectivity index (χ4n) is 2.48. The van der Waals surface area contributed by atoms with Gasteiger partial charge < -0.3 is 5.32 Å². The molecule has 0 aliphatic heterocycles. The van der Waals surface area contributed by atoms with Crippen LogP contribution in [0.25, 0.3) is 10.2 Å². The summed E-state index contributed by atoms with van der Waals surface area (Å²) in [4.78, 5) is 4.64. The van der Waals surface area contributed by atoms with Crippen LogP contribution in [0.15, 0.2) is 30.5 Å². The Morgan fingerprint density at radius 3 is 2.73 bits per heavy atom. The highest BCUT2D eigenvalue weighted by atomic mass is 35.5. The summed E-state index contributed by atoms with van der Waals surface area (Å²) in [6.07, 6.45) is 2.10. The number of rotatable bonds is 5. The number of benzene rings is 1. The maximum Gasteiger partial charge on any atom is 0.108 e. The van der Waals surface area contributed by atoms with Crippen molar-refractivity contribution in [3.8, 4) is 0 Å². The molecule has 0 saturated heterocycles. The van der Waals surface area contributed by atoms with Crippen LogP contribution in [0.3, 0.4) is 0 Å². The van der Waals surface area contributed by atoms with Gasteiger partial charge in [0.25, 0.3) is 0 Å². The van der Waals surface area contributed by atoms with E-state index in [9.17, 15) is 0 Å². The predicted molar refractivity (Wildman–Crippen MR) is 94.7 cm³/mol. The van der Waals surface area contributed by atoms with Crippen molar-refractivity contribution in [1.29, 1.82) is 0 Å². The summed E-state index contributed by atoms with van der Waals surface area (Å²) < 4.78 is 3.14. The molecule has 2 heterocycles. The zero-order valence-corrected chi connectivity index (χ0v) is 14.7. The molecule has 22 heavy (non-hydrogen) atoms. The third-order valence-electron chi connectivity index (χ3n) is 3.41. The van der Waals surface area contributed by atoms with Gasteiger partial charge in [-0.25, -0.2) is 4.98 Å². The molecule has 3 rings (SSSR count). The number of nitrogens with one attached hydrogen (secondary N) is 1. The van der Waals surface area contributed by atoms with E-state index in [1.54, 1.807) is 11.3 Å². The molecule has 0 bridgehead atoms. The van der Waals surface area contributed by atoms with Crippen LogP contribution < -0.4 is 5.32 Å². The van der Waals surface area contributed by atoms with Gasteiger partial charge in [0, 0.05) is 31.9 Å². The molecule has 0 radical (unpaired) electrons. The zero-order chi connectivity index (χ0) is 14.8. The molecular formula is C16H21ClN4S. The SMILES string of the molecule is CC(C)c1nn(C)cc1CNCc1nc2ccccc2s1.Cl. The van der Waals surface area contributed by atoms with Crippen LogP contribution >= 0.6 is 23.7 Å². The average Bonchev–Trinajstić information content (AvgIpc) is 3.01. The van der Waals surface area contributed by atoms with E-state index in [1.165, 1.54) is 16.0 Å². The second-order valence-electron chi connectivity index (χ2n) is 5.55. The van der Waals surface area contributed by atoms with Gasteiger partial charge in [0.15, 0.2) is 0 Å². The van der Waals surface area contributed by atoms with Crippen molar-refractivity contribution in [3.05, 3.63) is 46.7 Å². The lowest BCUT2D eigenvalue weighted by molar-refractivity contribution is 0.676. The molecule has 1 aromatic carbocycles. The van der Waals surface area contributed by atoms with Crippen LogP contribution in [-0.4, -0.2) is 14.8 Å². The minimum Gasteiger partial charge on any atom is -0.306 e. The Labute approximate surface area is 141 Å². The molecule has 118 valence electrons. The number of halogens is 1. The second-order valence-corrected chi connectivity index (χ2v) is 6.66. The molecule has 0 atom stereocenters. The first-order chi connectivity index (χ1) is 10.1. The minimum absolute atomic E-state index is 0. The molecule has 0 spiro atoms. The largest absolute Gasteiger partial charge is 0.306 e. The topological polar surface area (TPSA) is 42.7 Å². The molecule has 0 amide bonds. The van der Waals surface area contributed by atoms with Crippen LogP contribution in [0.5, 0.6) is 0 Å². The average molecular weight is 337 g/mol. The number of aromatic nitrogens is 3. The molecule has 1 N–H and O–H groups in total. The number of nitrogens with zero attached hydrogens (tertiary/aromatic N) is 3. The third kappa shape index (κ3) is 3.66. The highest BCUT2D eigenvalue weighted by Crippen LogP contribution is 2.22. The second kappa shape index (κ2) is 7.22. The summed E-state index contributed by atoms with van der Waals surface area (Å²) in [6.45, 7) is 5.99. The van der Waals surface area contributed by atoms with Gasteiger partial charge >= 0.3 is 0 Å². The molecule has 4 nitrogen and oxygen atoms in total. The van der Waals surface area contributed by atoms with Crippen molar-refractivity contribution >= 4 is 34.0 Å². The van der Waals surface area contributed by atoms with E-state index in [0.29, 0.717) is 5.92 Å². The standard InChI is InChI=1S/C16H20N4S.ClH/c1-11(2)16-12(10-20(3)19-16)8-17-9-15-18-13-6-4-5-7-14(13)21-15;/h4-7,10-11,17H,8-9H2,1-3H3;1H. The molecule has 0 aliphatic carbocycles. The highest BCUT2D eigenvalue weighted by molar-refractivity contribution is 7.18. The van der Waals surface area contributed by atoms with Gasteiger partial charge in [-0.05, 0) is 18.1 Å². The molecule has 3 aromatic rings. The highest BCUT2D eigenvalue weighted by Gasteiger charge is 2.11. The lowest BCUT2D eigenvalue weighted by Gasteiger charge is -2.05. The first-order valence-corrected chi connectivity index (χ1v) is 8.02. The fourth-order valence-corrected chi connectivity index (χ4v) is 3.41. The normalized spacial score (nSPS) is 11.1. The summed E-state index contributed by atoms with van der Waals surface area (Å²) in [6, 6.07) is 8.27. The Morgan fingerprint density at radius 2 is 2.00 bits per heavy atom. The molecule has 6 heteroatoms. The monoisotopic (exact) mass is 336 g/mol. The van der Waals surface area contributed by atoms with Gasteiger partial charge in [-0.2, -0.15) is 5.10 Å². The van der Waals surface area contributed by atoms with E-state index >= 15 is 0 Å². The van der Waals surface area contributed by atoms with Crippen molar-refractivity contribution in [2.75, 3.05) is 0 Å². The maximum atomic E-state index is 4.64.